The van der Waals surface area contributed by atoms with Crippen LogP contribution in [0, 0.1) is 0 Å². The van der Waals surface area contributed by atoms with Gasteiger partial charge in [0, 0.05) is 24.7 Å². The molecule has 3 heteroatoms. The smallest absolute Gasteiger partial charge is 0.0402 e. The Kier molecular flexibility index (Phi) is 4.58. The van der Waals surface area contributed by atoms with Crippen molar-refractivity contribution in [3.63, 3.8) is 0 Å². The summed E-state index contributed by atoms with van der Waals surface area (Å²) in [5.74, 6) is 0.642. The molecule has 0 bridgehead atoms. The molecular weight excluding hydrogens is 246 g/mol. The van der Waals surface area contributed by atoms with Crippen molar-refractivity contribution in [1.82, 2.24) is 4.90 Å². The fourth-order valence-electron chi connectivity index (χ4n) is 3.73. The summed E-state index contributed by atoms with van der Waals surface area (Å²) >= 11 is 0. The van der Waals surface area contributed by atoms with Crippen molar-refractivity contribution in [2.24, 2.45) is 5.73 Å². The summed E-state index contributed by atoms with van der Waals surface area (Å²) < 4.78 is 0. The van der Waals surface area contributed by atoms with Crippen molar-refractivity contribution >= 4 is 5.69 Å². The number of likely N-dealkylation sites (tertiary alicyclic amines) is 1. The number of rotatable bonds is 6. The molecule has 1 fully saturated rings. The fraction of sp³-hybridized carbons (Fsp3) is 0.647. The van der Waals surface area contributed by atoms with Crippen LogP contribution in [0.3, 0.4) is 0 Å². The summed E-state index contributed by atoms with van der Waals surface area (Å²) in [6.45, 7) is 7.03. The van der Waals surface area contributed by atoms with Crippen molar-refractivity contribution in [3.05, 3.63) is 29.8 Å². The molecule has 0 aromatic heterocycles. The molecular formula is C17H27N3. The van der Waals surface area contributed by atoms with Crippen LogP contribution < -0.4 is 10.6 Å². The standard InChI is InChI=1S/C17H27N3/c18-9-8-15-14-20(17-7-2-1-6-16(15)17)13-5-12-19-10-3-4-11-19/h1-2,6-7,15H,3-5,8-14,18H2. The zero-order valence-corrected chi connectivity index (χ0v) is 12.4. The van der Waals surface area contributed by atoms with Gasteiger partial charge in [0.05, 0.1) is 0 Å². The highest BCUT2D eigenvalue weighted by atomic mass is 15.2. The van der Waals surface area contributed by atoms with Gasteiger partial charge in [0.2, 0.25) is 0 Å². The van der Waals surface area contributed by atoms with Crippen molar-refractivity contribution in [1.29, 1.82) is 0 Å². The Bertz CT molecular complexity index is 426. The molecule has 2 aliphatic rings. The summed E-state index contributed by atoms with van der Waals surface area (Å²) in [7, 11) is 0. The molecule has 1 aromatic carbocycles. The number of hydrogen-bond donors (Lipinski definition) is 1. The molecule has 1 atom stereocenters. The van der Waals surface area contributed by atoms with E-state index in [9.17, 15) is 0 Å². The third-order valence-electron chi connectivity index (χ3n) is 4.77. The minimum atomic E-state index is 0.642. The molecule has 3 nitrogen and oxygen atoms in total. The van der Waals surface area contributed by atoms with E-state index in [4.69, 9.17) is 5.73 Å². The molecule has 2 N–H and O–H groups in total. The van der Waals surface area contributed by atoms with Gasteiger partial charge in [0.15, 0.2) is 0 Å². The maximum absolute atomic E-state index is 5.77. The third kappa shape index (κ3) is 2.99. The minimum Gasteiger partial charge on any atom is -0.371 e. The summed E-state index contributed by atoms with van der Waals surface area (Å²) in [5.41, 5.74) is 8.73. The molecule has 2 heterocycles. The Morgan fingerprint density at radius 1 is 1.10 bits per heavy atom. The lowest BCUT2D eigenvalue weighted by molar-refractivity contribution is 0.334. The monoisotopic (exact) mass is 273 g/mol. The predicted molar refractivity (Wildman–Crippen MR) is 85.4 cm³/mol. The van der Waals surface area contributed by atoms with Gasteiger partial charge < -0.3 is 15.5 Å². The topological polar surface area (TPSA) is 32.5 Å². The van der Waals surface area contributed by atoms with Crippen LogP contribution in [0.4, 0.5) is 5.69 Å². The number of nitrogens with two attached hydrogens (primary N) is 1. The molecule has 0 saturated carbocycles. The SMILES string of the molecule is NCCC1CN(CCCN2CCCC2)c2ccccc21. The first-order valence-corrected chi connectivity index (χ1v) is 8.15. The van der Waals surface area contributed by atoms with Gasteiger partial charge in [-0.1, -0.05) is 18.2 Å². The van der Waals surface area contributed by atoms with Crippen LogP contribution in [0.15, 0.2) is 24.3 Å². The molecule has 3 rings (SSSR count). The molecule has 110 valence electrons. The molecule has 0 spiro atoms. The Hall–Kier alpha value is -1.06. The van der Waals surface area contributed by atoms with Crippen molar-refractivity contribution in [2.75, 3.05) is 44.2 Å². The van der Waals surface area contributed by atoms with Crippen LogP contribution in [0.1, 0.15) is 37.2 Å². The van der Waals surface area contributed by atoms with Crippen LogP contribution in [0.25, 0.3) is 0 Å². The highest BCUT2D eigenvalue weighted by Gasteiger charge is 2.27. The van der Waals surface area contributed by atoms with Gasteiger partial charge in [0.1, 0.15) is 0 Å². The van der Waals surface area contributed by atoms with Crippen LogP contribution in [-0.2, 0) is 0 Å². The molecule has 0 aliphatic carbocycles. The lowest BCUT2D eigenvalue weighted by Crippen LogP contribution is -2.28. The molecule has 0 radical (unpaired) electrons. The average Bonchev–Trinajstić information content (AvgIpc) is 3.09. The summed E-state index contributed by atoms with van der Waals surface area (Å²) in [5, 5.41) is 0. The van der Waals surface area contributed by atoms with Gasteiger partial charge in [-0.3, -0.25) is 0 Å². The lowest BCUT2D eigenvalue weighted by Gasteiger charge is -2.22. The Labute approximate surface area is 122 Å². The number of para-hydroxylation sites is 1. The Balaban J connectivity index is 1.57. The molecule has 1 aromatic rings. The molecule has 20 heavy (non-hydrogen) atoms. The second-order valence-electron chi connectivity index (χ2n) is 6.18. The van der Waals surface area contributed by atoms with Crippen molar-refractivity contribution in [3.8, 4) is 0 Å². The normalized spacial score (nSPS) is 22.4. The number of fused-ring (bicyclic) bond motifs is 1. The maximum Gasteiger partial charge on any atom is 0.0402 e. The number of anilines is 1. The first-order valence-electron chi connectivity index (χ1n) is 8.15. The quantitative estimate of drug-likeness (QED) is 0.864. The van der Waals surface area contributed by atoms with Crippen LogP contribution in [0.5, 0.6) is 0 Å². The van der Waals surface area contributed by atoms with E-state index < -0.39 is 0 Å². The van der Waals surface area contributed by atoms with Crippen molar-refractivity contribution in [2.45, 2.75) is 31.6 Å². The molecule has 1 unspecified atom stereocenters. The molecule has 2 aliphatic heterocycles. The van der Waals surface area contributed by atoms with E-state index in [1.807, 2.05) is 0 Å². The number of hydrogen-bond acceptors (Lipinski definition) is 3. The maximum atomic E-state index is 5.77. The second-order valence-corrected chi connectivity index (χ2v) is 6.18. The van der Waals surface area contributed by atoms with Gasteiger partial charge in [-0.2, -0.15) is 0 Å². The zero-order chi connectivity index (χ0) is 13.8. The summed E-state index contributed by atoms with van der Waals surface area (Å²) in [6, 6.07) is 8.89. The van der Waals surface area contributed by atoms with E-state index in [0.29, 0.717) is 5.92 Å². The van der Waals surface area contributed by atoms with E-state index in [1.165, 1.54) is 56.7 Å². The van der Waals surface area contributed by atoms with Gasteiger partial charge in [0.25, 0.3) is 0 Å². The summed E-state index contributed by atoms with van der Waals surface area (Å²) in [4.78, 5) is 5.19. The average molecular weight is 273 g/mol. The van der Waals surface area contributed by atoms with Gasteiger partial charge in [-0.05, 0) is 63.5 Å². The zero-order valence-electron chi connectivity index (χ0n) is 12.4. The Morgan fingerprint density at radius 3 is 2.70 bits per heavy atom. The first-order chi connectivity index (χ1) is 9.88. The predicted octanol–water partition coefficient (Wildman–Crippen LogP) is 2.42. The lowest BCUT2D eigenvalue weighted by atomic mass is 9.98. The highest BCUT2D eigenvalue weighted by molar-refractivity contribution is 5.60. The summed E-state index contributed by atoms with van der Waals surface area (Å²) in [6.07, 6.45) is 5.18. The fourth-order valence-corrected chi connectivity index (χ4v) is 3.73. The van der Waals surface area contributed by atoms with E-state index >= 15 is 0 Å². The molecule has 0 amide bonds. The highest BCUT2D eigenvalue weighted by Crippen LogP contribution is 2.37. The first kappa shape index (κ1) is 13.9. The van der Waals surface area contributed by atoms with Crippen LogP contribution in [-0.4, -0.2) is 44.2 Å². The largest absolute Gasteiger partial charge is 0.371 e. The third-order valence-corrected chi connectivity index (χ3v) is 4.77. The number of nitrogens with zero attached hydrogens (tertiary/aromatic N) is 2. The van der Waals surface area contributed by atoms with Crippen LogP contribution >= 0.6 is 0 Å². The van der Waals surface area contributed by atoms with Crippen LogP contribution in [0.2, 0.25) is 0 Å². The van der Waals surface area contributed by atoms with Gasteiger partial charge in [-0.15, -0.1) is 0 Å². The molecule has 1 saturated heterocycles. The van der Waals surface area contributed by atoms with Gasteiger partial charge >= 0.3 is 0 Å². The number of benzene rings is 1. The Morgan fingerprint density at radius 2 is 1.90 bits per heavy atom. The second kappa shape index (κ2) is 6.59. The van der Waals surface area contributed by atoms with Crippen molar-refractivity contribution < 1.29 is 0 Å². The van der Waals surface area contributed by atoms with E-state index in [2.05, 4.69) is 34.1 Å². The minimum absolute atomic E-state index is 0.642. The van der Waals surface area contributed by atoms with E-state index in [1.54, 1.807) is 0 Å². The van der Waals surface area contributed by atoms with E-state index in [0.717, 1.165) is 19.5 Å². The van der Waals surface area contributed by atoms with E-state index in [-0.39, 0.29) is 0 Å². The van der Waals surface area contributed by atoms with Gasteiger partial charge in [-0.25, -0.2) is 0 Å².